The number of sulfone groups is 1. The van der Waals surface area contributed by atoms with Crippen molar-refractivity contribution in [3.05, 3.63) is 0 Å². The van der Waals surface area contributed by atoms with Crippen LogP contribution in [0.15, 0.2) is 0 Å². The monoisotopic (exact) mass is 92.0 g/mol. The van der Waals surface area contributed by atoms with Crippen molar-refractivity contribution in [1.82, 2.24) is 0 Å². The van der Waals surface area contributed by atoms with E-state index in [0.717, 1.165) is 0 Å². The van der Waals surface area contributed by atoms with Crippen molar-refractivity contribution in [2.24, 2.45) is 0 Å². The molecule has 5 heavy (non-hydrogen) atoms. The first kappa shape index (κ1) is 3.15. The van der Waals surface area contributed by atoms with E-state index in [0.29, 0.717) is 11.5 Å². The second-order valence-corrected chi connectivity index (χ2v) is 3.46. The van der Waals surface area contributed by atoms with Crippen LogP contribution in [0.3, 0.4) is 0 Å². The van der Waals surface area contributed by atoms with Crippen LogP contribution < -0.4 is 0 Å². The number of hydrogen-bond donors (Lipinski definition) is 0. The predicted molar refractivity (Wildman–Crippen MR) is 18.7 cm³/mol. The molecule has 1 saturated heterocycles. The summed E-state index contributed by atoms with van der Waals surface area (Å²) < 4.78 is 19.5. The maximum absolute atomic E-state index is 9.74. The highest BCUT2D eigenvalue weighted by Crippen LogP contribution is 2.04. The summed E-state index contributed by atoms with van der Waals surface area (Å²) in [6, 6.07) is 0. The number of rotatable bonds is 0. The molecule has 2 nitrogen and oxygen atoms in total. The highest BCUT2D eigenvalue weighted by Gasteiger charge is 2.25. The quantitative estimate of drug-likeness (QED) is 0.374. The average molecular weight is 92.1 g/mol. The van der Waals surface area contributed by atoms with E-state index in [9.17, 15) is 8.42 Å². The molecular weight excluding hydrogens is 88.1 g/mol. The molecule has 0 amide bonds. The third-order valence-electron chi connectivity index (χ3n) is 0.537. The summed E-state index contributed by atoms with van der Waals surface area (Å²) in [7, 11) is -2.42. The summed E-state index contributed by atoms with van der Waals surface area (Å²) in [6.07, 6.45) is 0. The fourth-order valence-electron chi connectivity index (χ4n) is 0.0680. The first-order valence-corrected chi connectivity index (χ1v) is 3.23. The zero-order chi connectivity index (χ0) is 3.91. The molecular formula is C2H4O2S. The van der Waals surface area contributed by atoms with E-state index in [4.69, 9.17) is 0 Å². The fourth-order valence-corrected chi connectivity index (χ4v) is 0.612. The molecule has 0 aromatic carbocycles. The zero-order valence-corrected chi connectivity index (χ0v) is 3.46. The lowest BCUT2D eigenvalue weighted by molar-refractivity contribution is 0.615. The third-order valence-corrected chi connectivity index (χ3v) is 1.61. The van der Waals surface area contributed by atoms with E-state index in [-0.39, 0.29) is 0 Å². The van der Waals surface area contributed by atoms with Crippen molar-refractivity contribution in [3.8, 4) is 0 Å². The van der Waals surface area contributed by atoms with Gasteiger partial charge in [0.15, 0.2) is 9.84 Å². The molecule has 1 rings (SSSR count). The molecule has 0 N–H and O–H groups in total. The van der Waals surface area contributed by atoms with Gasteiger partial charge < -0.3 is 0 Å². The second kappa shape index (κ2) is 0.544. The van der Waals surface area contributed by atoms with E-state index in [1.165, 1.54) is 0 Å². The largest absolute Gasteiger partial charge is 0.229 e. The van der Waals surface area contributed by atoms with Gasteiger partial charge in [0.1, 0.15) is 0 Å². The van der Waals surface area contributed by atoms with Crippen molar-refractivity contribution in [3.63, 3.8) is 0 Å². The fraction of sp³-hybridized carbons (Fsp3) is 1.00. The van der Waals surface area contributed by atoms with Crippen LogP contribution >= 0.6 is 0 Å². The lowest BCUT2D eigenvalue weighted by Gasteiger charge is -1.46. The van der Waals surface area contributed by atoms with Crippen LogP contribution in [0.2, 0.25) is 0 Å². The van der Waals surface area contributed by atoms with Gasteiger partial charge >= 0.3 is 0 Å². The molecule has 0 radical (unpaired) electrons. The normalized spacial score (nSPS) is 29.6. The molecule has 0 aromatic rings. The van der Waals surface area contributed by atoms with Crippen molar-refractivity contribution in [2.45, 2.75) is 0 Å². The van der Waals surface area contributed by atoms with Crippen LogP contribution in [0.1, 0.15) is 0 Å². The van der Waals surface area contributed by atoms with E-state index in [1.807, 2.05) is 0 Å². The van der Waals surface area contributed by atoms with E-state index in [2.05, 4.69) is 0 Å². The molecule has 0 saturated carbocycles. The van der Waals surface area contributed by atoms with Crippen molar-refractivity contribution < 1.29 is 8.42 Å². The van der Waals surface area contributed by atoms with Gasteiger partial charge in [0.05, 0.1) is 11.5 Å². The zero-order valence-electron chi connectivity index (χ0n) is 2.64. The van der Waals surface area contributed by atoms with Gasteiger partial charge in [-0.2, -0.15) is 0 Å². The molecule has 1 aliphatic heterocycles. The summed E-state index contributed by atoms with van der Waals surface area (Å²) in [5, 5.41) is 0. The Morgan fingerprint density at radius 3 is 1.40 bits per heavy atom. The third kappa shape index (κ3) is 0.613. The van der Waals surface area contributed by atoms with Gasteiger partial charge in [0.25, 0.3) is 0 Å². The molecule has 1 fully saturated rings. The Kier molecular flexibility index (Phi) is 0.343. The smallest absolute Gasteiger partial charge is 0.152 e. The van der Waals surface area contributed by atoms with Crippen molar-refractivity contribution in [1.29, 1.82) is 0 Å². The highest BCUT2D eigenvalue weighted by molar-refractivity contribution is 7.98. The minimum absolute atomic E-state index is 0.424. The maximum atomic E-state index is 9.74. The molecule has 0 bridgehead atoms. The Bertz CT molecular complexity index is 111. The van der Waals surface area contributed by atoms with Crippen molar-refractivity contribution >= 4 is 9.84 Å². The summed E-state index contributed by atoms with van der Waals surface area (Å²) in [5.41, 5.74) is 0. The van der Waals surface area contributed by atoms with E-state index >= 15 is 0 Å². The van der Waals surface area contributed by atoms with Crippen molar-refractivity contribution in [2.75, 3.05) is 11.5 Å². The summed E-state index contributed by atoms with van der Waals surface area (Å²) in [6.45, 7) is 0. The van der Waals surface area contributed by atoms with Gasteiger partial charge in [-0.1, -0.05) is 0 Å². The highest BCUT2D eigenvalue weighted by atomic mass is 32.2. The molecule has 3 heteroatoms. The molecule has 0 aromatic heterocycles. The maximum Gasteiger partial charge on any atom is 0.152 e. The first-order valence-electron chi connectivity index (χ1n) is 1.41. The van der Waals surface area contributed by atoms with Gasteiger partial charge in [-0.15, -0.1) is 0 Å². The Morgan fingerprint density at radius 2 is 1.40 bits per heavy atom. The lowest BCUT2D eigenvalue weighted by Crippen LogP contribution is -1.61. The van der Waals surface area contributed by atoms with Crippen LogP contribution in [0, 0.1) is 0 Å². The van der Waals surface area contributed by atoms with Gasteiger partial charge in [-0.25, -0.2) is 8.42 Å². The first-order chi connectivity index (χ1) is 2.21. The van der Waals surface area contributed by atoms with Gasteiger partial charge in [0, 0.05) is 0 Å². The molecule has 0 spiro atoms. The second-order valence-electron chi connectivity index (χ2n) is 1.15. The Balaban J connectivity index is 3.15. The standard InChI is InChI=1S/C2H4O2S/c3-5(4)1-2-5/h1-2H2. The summed E-state index contributed by atoms with van der Waals surface area (Å²) in [5.74, 6) is 0.847. The summed E-state index contributed by atoms with van der Waals surface area (Å²) >= 11 is 0. The molecule has 1 aliphatic rings. The van der Waals surface area contributed by atoms with E-state index < -0.39 is 9.84 Å². The average Bonchev–Trinajstić information content (AvgIpc) is 1.76. The topological polar surface area (TPSA) is 34.1 Å². The minimum atomic E-state index is -2.42. The molecule has 0 unspecified atom stereocenters. The lowest BCUT2D eigenvalue weighted by atomic mass is 11.0. The Labute approximate surface area is 30.7 Å². The Hall–Kier alpha value is -0.0500. The molecule has 0 aliphatic carbocycles. The SMILES string of the molecule is O=S1(=O)CC1. The van der Waals surface area contributed by atoms with Gasteiger partial charge in [0.2, 0.25) is 0 Å². The van der Waals surface area contributed by atoms with Crippen LogP contribution in [0.25, 0.3) is 0 Å². The van der Waals surface area contributed by atoms with Crippen LogP contribution in [-0.4, -0.2) is 19.9 Å². The molecule has 1 heterocycles. The van der Waals surface area contributed by atoms with Gasteiger partial charge in [-0.05, 0) is 0 Å². The number of hydrogen-bond acceptors (Lipinski definition) is 2. The summed E-state index contributed by atoms with van der Waals surface area (Å²) in [4.78, 5) is 0. The van der Waals surface area contributed by atoms with Crippen LogP contribution in [-0.2, 0) is 9.84 Å². The molecule has 0 atom stereocenters. The minimum Gasteiger partial charge on any atom is -0.229 e. The molecule has 30 valence electrons. The van der Waals surface area contributed by atoms with E-state index in [1.54, 1.807) is 0 Å². The Morgan fingerprint density at radius 1 is 1.20 bits per heavy atom. The van der Waals surface area contributed by atoms with Gasteiger partial charge in [-0.3, -0.25) is 0 Å². The van der Waals surface area contributed by atoms with Crippen LogP contribution in [0.5, 0.6) is 0 Å². The predicted octanol–water partition coefficient (Wildman–Crippen LogP) is -0.585. The van der Waals surface area contributed by atoms with Crippen LogP contribution in [0.4, 0.5) is 0 Å².